The minimum absolute atomic E-state index is 0.101. The largest absolute Gasteiger partial charge is 0.346 e. The van der Waals surface area contributed by atoms with Gasteiger partial charge in [0, 0.05) is 17.0 Å². The molecule has 0 aliphatic carbocycles. The summed E-state index contributed by atoms with van der Waals surface area (Å²) >= 11 is 1.44. The van der Waals surface area contributed by atoms with Gasteiger partial charge in [-0.2, -0.15) is 5.26 Å². The van der Waals surface area contributed by atoms with E-state index in [2.05, 4.69) is 22.6 Å². The summed E-state index contributed by atoms with van der Waals surface area (Å²) in [5.74, 6) is 2.87. The molecule has 0 saturated carbocycles. The predicted octanol–water partition coefficient (Wildman–Crippen LogP) is 2.53. The van der Waals surface area contributed by atoms with Crippen LogP contribution in [0.3, 0.4) is 0 Å². The summed E-state index contributed by atoms with van der Waals surface area (Å²) in [5.41, 5.74) is 2.91. The second kappa shape index (κ2) is 9.93. The maximum absolute atomic E-state index is 11.9. The number of amides is 2. The van der Waals surface area contributed by atoms with Gasteiger partial charge in [0.15, 0.2) is 0 Å². The quantitative estimate of drug-likeness (QED) is 0.741. The Balaban J connectivity index is 1.68. The topological polar surface area (TPSA) is 82.0 Å². The third-order valence-corrected chi connectivity index (χ3v) is 4.35. The van der Waals surface area contributed by atoms with Gasteiger partial charge in [-0.1, -0.05) is 24.1 Å². The molecule has 0 spiro atoms. The van der Waals surface area contributed by atoms with Crippen LogP contribution in [0, 0.1) is 23.7 Å². The Morgan fingerprint density at radius 1 is 1.08 bits per heavy atom. The Hall–Kier alpha value is -3.22. The smallest absolute Gasteiger partial charge is 0.243 e. The molecule has 2 N–H and O–H groups in total. The lowest BCUT2D eigenvalue weighted by molar-refractivity contribution is -0.122. The summed E-state index contributed by atoms with van der Waals surface area (Å²) in [4.78, 5) is 23.7. The number of nitrogens with one attached hydrogen (secondary N) is 2. The fourth-order valence-corrected chi connectivity index (χ4v) is 2.88. The van der Waals surface area contributed by atoms with E-state index in [9.17, 15) is 9.59 Å². The first-order chi connectivity index (χ1) is 12.6. The molecule has 0 bridgehead atoms. The molecule has 130 valence electrons. The average Bonchev–Trinajstić information content (AvgIpc) is 2.67. The summed E-state index contributed by atoms with van der Waals surface area (Å²) in [5, 5.41) is 14.0. The molecule has 0 saturated heterocycles. The van der Waals surface area contributed by atoms with E-state index in [-0.39, 0.29) is 24.1 Å². The minimum atomic E-state index is -0.315. The first-order valence-corrected chi connectivity index (χ1v) is 8.96. The van der Waals surface area contributed by atoms with Crippen molar-refractivity contribution in [3.8, 4) is 18.4 Å². The van der Waals surface area contributed by atoms with Crippen LogP contribution >= 0.6 is 11.8 Å². The molecule has 0 aliphatic rings. The third-order valence-electron chi connectivity index (χ3n) is 3.34. The first-order valence-electron chi connectivity index (χ1n) is 7.80. The summed E-state index contributed by atoms with van der Waals surface area (Å²) in [6.45, 7) is -0.101. The number of thioether (sulfide) groups is 1. The number of hydrogen-bond donors (Lipinski definition) is 2. The molecule has 0 aromatic heterocycles. The summed E-state index contributed by atoms with van der Waals surface area (Å²) in [7, 11) is 0. The zero-order chi connectivity index (χ0) is 18.8. The molecule has 26 heavy (non-hydrogen) atoms. The van der Waals surface area contributed by atoms with Crippen molar-refractivity contribution < 1.29 is 9.59 Å². The number of carbonyl (C=O) groups is 2. The summed E-state index contributed by atoms with van der Waals surface area (Å²) < 4.78 is 0. The number of benzene rings is 2. The number of hydrogen-bond acceptors (Lipinski definition) is 4. The number of nitriles is 1. The molecular formula is C20H17N3O2S. The van der Waals surface area contributed by atoms with Crippen molar-refractivity contribution in [1.29, 1.82) is 5.26 Å². The normalized spacial score (nSPS) is 9.62. The standard InChI is InChI=1S/C20H17N3O2S/c1-2-15-4-3-5-18(10-15)23-19(24)12-22-20(25)14-26-13-17-8-6-16(11-21)7-9-17/h1,3-10H,12-14H2,(H,22,25)(H,23,24). The van der Waals surface area contributed by atoms with E-state index in [1.807, 2.05) is 12.1 Å². The van der Waals surface area contributed by atoms with E-state index in [0.29, 0.717) is 22.6 Å². The van der Waals surface area contributed by atoms with Gasteiger partial charge >= 0.3 is 0 Å². The van der Waals surface area contributed by atoms with Crippen LogP contribution in [0.25, 0.3) is 0 Å². The second-order valence-corrected chi connectivity index (χ2v) is 6.34. The highest BCUT2D eigenvalue weighted by atomic mass is 32.2. The molecule has 0 unspecified atom stereocenters. The molecule has 0 atom stereocenters. The van der Waals surface area contributed by atoms with Crippen LogP contribution in [0.2, 0.25) is 0 Å². The maximum Gasteiger partial charge on any atom is 0.243 e. The van der Waals surface area contributed by atoms with Crippen LogP contribution in [-0.2, 0) is 15.3 Å². The number of anilines is 1. The van der Waals surface area contributed by atoms with Gasteiger partial charge in [-0.15, -0.1) is 18.2 Å². The lowest BCUT2D eigenvalue weighted by atomic mass is 10.2. The van der Waals surface area contributed by atoms with Gasteiger partial charge < -0.3 is 10.6 Å². The van der Waals surface area contributed by atoms with Gasteiger partial charge in [0.1, 0.15) is 0 Å². The molecule has 5 nitrogen and oxygen atoms in total. The van der Waals surface area contributed by atoms with Crippen LogP contribution in [-0.4, -0.2) is 24.1 Å². The molecule has 2 amide bonds. The van der Waals surface area contributed by atoms with E-state index in [4.69, 9.17) is 11.7 Å². The SMILES string of the molecule is C#Cc1cccc(NC(=O)CNC(=O)CSCc2ccc(C#N)cc2)c1. The third kappa shape index (κ3) is 6.35. The van der Waals surface area contributed by atoms with Crippen LogP contribution < -0.4 is 10.6 Å². The Labute approximate surface area is 156 Å². The van der Waals surface area contributed by atoms with Gasteiger partial charge in [0.2, 0.25) is 11.8 Å². The average molecular weight is 363 g/mol. The lowest BCUT2D eigenvalue weighted by Crippen LogP contribution is -2.33. The molecular weight excluding hydrogens is 346 g/mol. The van der Waals surface area contributed by atoms with E-state index < -0.39 is 0 Å². The molecule has 0 radical (unpaired) electrons. The zero-order valence-electron chi connectivity index (χ0n) is 14.0. The van der Waals surface area contributed by atoms with Crippen LogP contribution in [0.4, 0.5) is 5.69 Å². The van der Waals surface area contributed by atoms with Gasteiger partial charge in [-0.3, -0.25) is 9.59 Å². The van der Waals surface area contributed by atoms with Crippen molar-refractivity contribution in [2.75, 3.05) is 17.6 Å². The van der Waals surface area contributed by atoms with Gasteiger partial charge in [0.05, 0.1) is 23.9 Å². The number of rotatable bonds is 7. The Bertz CT molecular complexity index is 864. The van der Waals surface area contributed by atoms with Crippen molar-refractivity contribution in [3.05, 3.63) is 65.2 Å². The molecule has 6 heteroatoms. The van der Waals surface area contributed by atoms with Crippen molar-refractivity contribution in [3.63, 3.8) is 0 Å². The number of nitrogens with zero attached hydrogens (tertiary/aromatic N) is 1. The summed E-state index contributed by atoms with van der Waals surface area (Å²) in [6, 6.07) is 16.2. The van der Waals surface area contributed by atoms with Crippen LogP contribution in [0.15, 0.2) is 48.5 Å². The van der Waals surface area contributed by atoms with Crippen molar-refractivity contribution in [2.45, 2.75) is 5.75 Å². The Morgan fingerprint density at radius 2 is 1.85 bits per heavy atom. The second-order valence-electron chi connectivity index (χ2n) is 5.35. The predicted molar refractivity (Wildman–Crippen MR) is 103 cm³/mol. The highest BCUT2D eigenvalue weighted by molar-refractivity contribution is 7.99. The highest BCUT2D eigenvalue weighted by Gasteiger charge is 2.07. The first kappa shape index (κ1) is 19.1. The van der Waals surface area contributed by atoms with Crippen LogP contribution in [0.5, 0.6) is 0 Å². The Morgan fingerprint density at radius 3 is 2.54 bits per heavy atom. The van der Waals surface area contributed by atoms with E-state index in [1.54, 1.807) is 36.4 Å². The zero-order valence-corrected chi connectivity index (χ0v) is 14.8. The van der Waals surface area contributed by atoms with E-state index >= 15 is 0 Å². The fraction of sp³-hybridized carbons (Fsp3) is 0.150. The monoisotopic (exact) mass is 363 g/mol. The highest BCUT2D eigenvalue weighted by Crippen LogP contribution is 2.13. The van der Waals surface area contributed by atoms with Gasteiger partial charge in [-0.05, 0) is 35.9 Å². The molecule has 2 rings (SSSR count). The van der Waals surface area contributed by atoms with Crippen molar-refractivity contribution >= 4 is 29.3 Å². The molecule has 2 aromatic rings. The molecule has 0 aliphatic heterocycles. The Kier molecular flexibility index (Phi) is 7.30. The fourth-order valence-electron chi connectivity index (χ4n) is 2.06. The number of terminal acetylenes is 1. The van der Waals surface area contributed by atoms with Crippen molar-refractivity contribution in [2.24, 2.45) is 0 Å². The lowest BCUT2D eigenvalue weighted by Gasteiger charge is -2.07. The van der Waals surface area contributed by atoms with Crippen LogP contribution in [0.1, 0.15) is 16.7 Å². The van der Waals surface area contributed by atoms with E-state index in [0.717, 1.165) is 5.56 Å². The number of carbonyl (C=O) groups excluding carboxylic acids is 2. The molecule has 0 fully saturated rings. The minimum Gasteiger partial charge on any atom is -0.346 e. The van der Waals surface area contributed by atoms with Gasteiger partial charge in [0.25, 0.3) is 0 Å². The van der Waals surface area contributed by atoms with E-state index in [1.165, 1.54) is 11.8 Å². The summed E-state index contributed by atoms with van der Waals surface area (Å²) in [6.07, 6.45) is 5.31. The molecule has 2 aromatic carbocycles. The van der Waals surface area contributed by atoms with Crippen molar-refractivity contribution in [1.82, 2.24) is 5.32 Å². The molecule has 0 heterocycles. The maximum atomic E-state index is 11.9. The van der Waals surface area contributed by atoms with Gasteiger partial charge in [-0.25, -0.2) is 0 Å².